The highest BCUT2D eigenvalue weighted by molar-refractivity contribution is 7.19. The van der Waals surface area contributed by atoms with Crippen molar-refractivity contribution in [2.24, 2.45) is 5.41 Å². The van der Waals surface area contributed by atoms with Gasteiger partial charge in [-0.2, -0.15) is 5.10 Å². The molecule has 1 aliphatic carbocycles. The van der Waals surface area contributed by atoms with E-state index in [1.807, 2.05) is 19.2 Å². The van der Waals surface area contributed by atoms with Gasteiger partial charge in [0.15, 0.2) is 0 Å². The molecule has 0 radical (unpaired) electrons. The molecule has 3 aromatic heterocycles. The average Bonchev–Trinajstić information content (AvgIpc) is 3.44. The molecule has 9 nitrogen and oxygen atoms in total. The molecule has 1 atom stereocenters. The molecule has 2 N–H and O–H groups in total. The van der Waals surface area contributed by atoms with E-state index in [9.17, 15) is 4.79 Å². The quantitative estimate of drug-likeness (QED) is 0.413. The van der Waals surface area contributed by atoms with Crippen molar-refractivity contribution in [1.29, 1.82) is 0 Å². The SMILES string of the molecule is COCCN(C)C(=O)C1(C)CCc2c(sc3ncnc(Nc4cc5cn[nH]c5cc4OC)c23)C1. The zero-order valence-electron chi connectivity index (χ0n) is 19.8. The number of fused-ring (bicyclic) bond motifs is 4. The minimum atomic E-state index is -0.438. The number of thiophene rings is 1. The first kappa shape index (κ1) is 22.5. The van der Waals surface area contributed by atoms with Gasteiger partial charge in [0, 0.05) is 37.0 Å². The van der Waals surface area contributed by atoms with Gasteiger partial charge in [-0.05, 0) is 30.9 Å². The number of amides is 1. The predicted molar refractivity (Wildman–Crippen MR) is 133 cm³/mol. The summed E-state index contributed by atoms with van der Waals surface area (Å²) in [5.74, 6) is 1.61. The number of nitrogens with one attached hydrogen (secondary N) is 2. The van der Waals surface area contributed by atoms with E-state index in [1.54, 1.807) is 43.0 Å². The number of nitrogens with zero attached hydrogens (tertiary/aromatic N) is 4. The molecule has 0 aliphatic heterocycles. The number of ether oxygens (including phenoxy) is 2. The smallest absolute Gasteiger partial charge is 0.228 e. The number of hydrogen-bond donors (Lipinski definition) is 2. The molecule has 5 rings (SSSR count). The van der Waals surface area contributed by atoms with Crippen LogP contribution in [0.5, 0.6) is 5.75 Å². The van der Waals surface area contributed by atoms with Crippen LogP contribution in [0.4, 0.5) is 11.5 Å². The van der Waals surface area contributed by atoms with Gasteiger partial charge in [0.2, 0.25) is 5.91 Å². The van der Waals surface area contributed by atoms with E-state index in [1.165, 1.54) is 10.4 Å². The molecular weight excluding hydrogens is 452 g/mol. The molecule has 1 aromatic carbocycles. The van der Waals surface area contributed by atoms with Gasteiger partial charge in [0.1, 0.15) is 22.7 Å². The number of aromatic amines is 1. The molecule has 0 saturated carbocycles. The Morgan fingerprint density at radius 1 is 1.32 bits per heavy atom. The number of H-pyrrole nitrogens is 1. The lowest BCUT2D eigenvalue weighted by molar-refractivity contribution is -0.141. The summed E-state index contributed by atoms with van der Waals surface area (Å²) >= 11 is 1.65. The molecule has 10 heteroatoms. The van der Waals surface area contributed by atoms with Gasteiger partial charge in [-0.25, -0.2) is 9.97 Å². The number of hydrogen-bond acceptors (Lipinski definition) is 8. The molecule has 0 saturated heterocycles. The number of anilines is 2. The summed E-state index contributed by atoms with van der Waals surface area (Å²) in [6, 6.07) is 3.92. The highest BCUT2D eigenvalue weighted by Gasteiger charge is 2.40. The fourth-order valence-electron chi connectivity index (χ4n) is 4.72. The van der Waals surface area contributed by atoms with Gasteiger partial charge < -0.3 is 19.7 Å². The zero-order chi connectivity index (χ0) is 23.9. The minimum Gasteiger partial charge on any atom is -0.494 e. The number of methoxy groups -OCH3 is 2. The van der Waals surface area contributed by atoms with Crippen molar-refractivity contribution in [3.8, 4) is 5.75 Å². The summed E-state index contributed by atoms with van der Waals surface area (Å²) in [5.41, 5.74) is 2.51. The largest absolute Gasteiger partial charge is 0.494 e. The molecule has 0 bridgehead atoms. The standard InChI is InChI=1S/C24H28N6O3S/c1-24(23(31)30(2)7-8-32-3)6-5-15-19(11-24)34-22-20(15)21(25-13-26-22)28-17-9-14-12-27-29-16(14)10-18(17)33-4/h9-10,12-13H,5-8,11H2,1-4H3,(H,27,29)(H,25,26,28). The number of likely N-dealkylation sites (N-methyl/N-ethyl adjacent to an activating group) is 1. The zero-order valence-corrected chi connectivity index (χ0v) is 20.6. The average molecular weight is 481 g/mol. The lowest BCUT2D eigenvalue weighted by Gasteiger charge is -2.35. The Kier molecular flexibility index (Phi) is 5.86. The molecule has 34 heavy (non-hydrogen) atoms. The Morgan fingerprint density at radius 2 is 2.18 bits per heavy atom. The van der Waals surface area contributed by atoms with Crippen LogP contribution in [0.3, 0.4) is 0 Å². The van der Waals surface area contributed by atoms with Crippen LogP contribution in [0, 0.1) is 5.41 Å². The number of aromatic nitrogens is 4. The maximum atomic E-state index is 13.2. The van der Waals surface area contributed by atoms with E-state index in [4.69, 9.17) is 9.47 Å². The number of benzene rings is 1. The monoisotopic (exact) mass is 480 g/mol. The van der Waals surface area contributed by atoms with E-state index >= 15 is 0 Å². The Morgan fingerprint density at radius 3 is 2.97 bits per heavy atom. The summed E-state index contributed by atoms with van der Waals surface area (Å²) in [4.78, 5) is 26.3. The molecule has 1 aliphatic rings. The minimum absolute atomic E-state index is 0.162. The van der Waals surface area contributed by atoms with Crippen LogP contribution in [0.2, 0.25) is 0 Å². The molecule has 1 amide bonds. The highest BCUT2D eigenvalue weighted by Crippen LogP contribution is 2.45. The molecule has 1 unspecified atom stereocenters. The lowest BCUT2D eigenvalue weighted by atomic mass is 9.74. The Hall–Kier alpha value is -3.24. The second-order valence-electron chi connectivity index (χ2n) is 9.00. The second-order valence-corrected chi connectivity index (χ2v) is 10.1. The van der Waals surface area contributed by atoms with Crippen LogP contribution in [-0.4, -0.2) is 65.4 Å². The van der Waals surface area contributed by atoms with Crippen LogP contribution >= 0.6 is 11.3 Å². The van der Waals surface area contributed by atoms with Crippen molar-refractivity contribution in [2.45, 2.75) is 26.2 Å². The molecule has 178 valence electrons. The molecule has 4 aromatic rings. The second kappa shape index (κ2) is 8.84. The van der Waals surface area contributed by atoms with Crippen LogP contribution in [0.1, 0.15) is 23.8 Å². The summed E-state index contributed by atoms with van der Waals surface area (Å²) in [7, 11) is 5.15. The third-order valence-corrected chi connectivity index (χ3v) is 7.80. The number of carbonyl (C=O) groups excluding carboxylic acids is 1. The number of aryl methyl sites for hydroxylation is 1. The first-order valence-electron chi connectivity index (χ1n) is 11.2. The van der Waals surface area contributed by atoms with Crippen molar-refractivity contribution >= 4 is 49.9 Å². The van der Waals surface area contributed by atoms with Gasteiger partial charge in [-0.1, -0.05) is 6.92 Å². The van der Waals surface area contributed by atoms with E-state index < -0.39 is 5.41 Å². The van der Waals surface area contributed by atoms with Gasteiger partial charge in [-0.3, -0.25) is 9.89 Å². The van der Waals surface area contributed by atoms with Crippen molar-refractivity contribution < 1.29 is 14.3 Å². The number of carbonyl (C=O) groups is 1. The maximum absolute atomic E-state index is 13.2. The van der Waals surface area contributed by atoms with Crippen molar-refractivity contribution in [3.05, 3.63) is 35.1 Å². The number of rotatable bonds is 7. The summed E-state index contributed by atoms with van der Waals surface area (Å²) in [5, 5.41) is 12.6. The molecular formula is C24H28N6O3S. The van der Waals surface area contributed by atoms with Crippen molar-refractivity contribution in [1.82, 2.24) is 25.1 Å². The highest BCUT2D eigenvalue weighted by atomic mass is 32.1. The third kappa shape index (κ3) is 3.86. The van der Waals surface area contributed by atoms with E-state index in [-0.39, 0.29) is 5.91 Å². The topological polar surface area (TPSA) is 105 Å². The first-order chi connectivity index (χ1) is 16.4. The Bertz CT molecular complexity index is 1370. The fourth-order valence-corrected chi connectivity index (χ4v) is 6.09. The van der Waals surface area contributed by atoms with Gasteiger partial charge in [0.25, 0.3) is 0 Å². The fraction of sp³-hybridized carbons (Fsp3) is 0.417. The predicted octanol–water partition coefficient (Wildman–Crippen LogP) is 3.92. The summed E-state index contributed by atoms with van der Waals surface area (Å²) < 4.78 is 10.8. The van der Waals surface area contributed by atoms with E-state index in [2.05, 4.69) is 32.4 Å². The molecule has 0 spiro atoms. The lowest BCUT2D eigenvalue weighted by Crippen LogP contribution is -2.44. The van der Waals surface area contributed by atoms with Crippen LogP contribution in [0.25, 0.3) is 21.1 Å². The van der Waals surface area contributed by atoms with Gasteiger partial charge >= 0.3 is 0 Å². The first-order valence-corrected chi connectivity index (χ1v) is 12.0. The van der Waals surface area contributed by atoms with Crippen LogP contribution in [0.15, 0.2) is 24.7 Å². The normalized spacial score (nSPS) is 17.6. The molecule has 0 fully saturated rings. The van der Waals surface area contributed by atoms with Crippen molar-refractivity contribution in [2.75, 3.05) is 39.7 Å². The molecule has 3 heterocycles. The Labute approximate surface area is 201 Å². The van der Waals surface area contributed by atoms with E-state index in [0.717, 1.165) is 45.5 Å². The van der Waals surface area contributed by atoms with E-state index in [0.29, 0.717) is 25.3 Å². The summed E-state index contributed by atoms with van der Waals surface area (Å²) in [6.45, 7) is 3.19. The van der Waals surface area contributed by atoms with Crippen LogP contribution < -0.4 is 10.1 Å². The maximum Gasteiger partial charge on any atom is 0.228 e. The van der Waals surface area contributed by atoms with Crippen LogP contribution in [-0.2, 0) is 22.4 Å². The van der Waals surface area contributed by atoms with Gasteiger partial charge in [-0.15, -0.1) is 11.3 Å². The summed E-state index contributed by atoms with van der Waals surface area (Å²) in [6.07, 6.45) is 5.64. The van der Waals surface area contributed by atoms with Crippen molar-refractivity contribution in [3.63, 3.8) is 0 Å². The third-order valence-electron chi connectivity index (χ3n) is 6.66. The Balaban J connectivity index is 1.48. The van der Waals surface area contributed by atoms with Gasteiger partial charge in [0.05, 0.1) is 41.9 Å².